The average Bonchev–Trinajstić information content (AvgIpc) is 2.86. The first-order valence-electron chi connectivity index (χ1n) is 12.0. The zero-order valence-corrected chi connectivity index (χ0v) is 20.3. The molecule has 0 spiro atoms. The maximum Gasteiger partial charge on any atom is 0.416 e. The average molecular weight is 510 g/mol. The summed E-state index contributed by atoms with van der Waals surface area (Å²) in [6.07, 6.45) is 0.595. The van der Waals surface area contributed by atoms with E-state index in [4.69, 9.17) is 4.74 Å². The molecule has 1 aliphatic carbocycles. The third-order valence-electron chi connectivity index (χ3n) is 6.37. The molecule has 1 fully saturated rings. The van der Waals surface area contributed by atoms with Crippen LogP contribution < -0.4 is 15.5 Å². The van der Waals surface area contributed by atoms with Crippen molar-refractivity contribution >= 4 is 17.5 Å². The van der Waals surface area contributed by atoms with Gasteiger partial charge in [-0.15, -0.1) is 0 Å². The second-order valence-electron chi connectivity index (χ2n) is 8.88. The Bertz CT molecular complexity index is 1040. The van der Waals surface area contributed by atoms with Crippen molar-refractivity contribution in [1.82, 2.24) is 10.3 Å². The number of carbonyl (C=O) groups is 2. The Balaban J connectivity index is 1.80. The lowest BCUT2D eigenvalue weighted by atomic mass is 9.84. The molecular weight excluding hydrogens is 478 g/mol. The number of halogens is 4. The number of anilines is 1. The Morgan fingerprint density at radius 1 is 1.08 bits per heavy atom. The molecule has 0 radical (unpaired) electrons. The summed E-state index contributed by atoms with van der Waals surface area (Å²) in [5, 5.41) is 3.95. The summed E-state index contributed by atoms with van der Waals surface area (Å²) in [5.74, 6) is -1.80. The van der Waals surface area contributed by atoms with Gasteiger partial charge in [0.1, 0.15) is 17.6 Å². The van der Waals surface area contributed by atoms with E-state index in [1.165, 1.54) is 5.01 Å². The van der Waals surface area contributed by atoms with Crippen LogP contribution >= 0.6 is 0 Å². The molecule has 2 N–H and O–H groups in total. The van der Waals surface area contributed by atoms with E-state index in [1.807, 2.05) is 0 Å². The molecule has 0 heterocycles. The van der Waals surface area contributed by atoms with Gasteiger partial charge in [-0.25, -0.2) is 4.39 Å². The van der Waals surface area contributed by atoms with E-state index in [1.54, 1.807) is 38.3 Å². The van der Waals surface area contributed by atoms with Crippen LogP contribution in [0.3, 0.4) is 0 Å². The normalized spacial score (nSPS) is 15.2. The number of nitrogens with zero attached hydrogens (tertiary/aromatic N) is 1. The van der Waals surface area contributed by atoms with Gasteiger partial charge in [0.2, 0.25) is 0 Å². The van der Waals surface area contributed by atoms with Crippen LogP contribution in [0.4, 0.5) is 23.2 Å². The molecule has 2 aromatic rings. The Morgan fingerprint density at radius 2 is 1.75 bits per heavy atom. The van der Waals surface area contributed by atoms with Gasteiger partial charge in [-0.2, -0.15) is 13.2 Å². The summed E-state index contributed by atoms with van der Waals surface area (Å²) in [5.41, 5.74) is 1.92. The molecule has 3 rings (SSSR count). The zero-order chi connectivity index (χ0) is 26.3. The van der Waals surface area contributed by atoms with Crippen LogP contribution in [-0.4, -0.2) is 36.5 Å². The van der Waals surface area contributed by atoms with Gasteiger partial charge in [0, 0.05) is 6.54 Å². The summed E-state index contributed by atoms with van der Waals surface area (Å²) in [4.78, 5) is 26.4. The number of rotatable bonds is 9. The molecule has 0 aromatic heterocycles. The van der Waals surface area contributed by atoms with Crippen LogP contribution in [-0.2, 0) is 11.0 Å². The van der Waals surface area contributed by atoms with E-state index in [2.05, 4.69) is 10.7 Å². The van der Waals surface area contributed by atoms with Gasteiger partial charge in [0.25, 0.3) is 11.8 Å². The minimum absolute atomic E-state index is 0.199. The standard InChI is InChI=1S/C26H31F4N3O3/c1-3-33(32-19-10-12-20(36-2)13-11-19)25(35)23(15-17-7-5-4-6-8-17)31-24(34)21-14-9-18(16-22(21)27)26(28,29)30/h9-14,16-17,23,32H,3-8,15H2,1-2H3,(H,31,34). The van der Waals surface area contributed by atoms with Crippen molar-refractivity contribution in [2.24, 2.45) is 5.92 Å². The number of hydrogen-bond acceptors (Lipinski definition) is 4. The first kappa shape index (κ1) is 27.3. The van der Waals surface area contributed by atoms with Crippen molar-refractivity contribution in [1.29, 1.82) is 0 Å². The van der Waals surface area contributed by atoms with E-state index in [9.17, 15) is 27.2 Å². The van der Waals surface area contributed by atoms with E-state index in [0.717, 1.165) is 38.2 Å². The summed E-state index contributed by atoms with van der Waals surface area (Å²) >= 11 is 0. The topological polar surface area (TPSA) is 70.7 Å². The maximum absolute atomic E-state index is 14.4. The van der Waals surface area contributed by atoms with Gasteiger partial charge < -0.3 is 10.1 Å². The second kappa shape index (κ2) is 12.1. The predicted octanol–water partition coefficient (Wildman–Crippen LogP) is 5.80. The molecule has 36 heavy (non-hydrogen) atoms. The van der Waals surface area contributed by atoms with Crippen LogP contribution in [0.5, 0.6) is 5.75 Å². The largest absolute Gasteiger partial charge is 0.497 e. The first-order valence-corrected chi connectivity index (χ1v) is 12.0. The van der Waals surface area contributed by atoms with Gasteiger partial charge in [-0.05, 0) is 61.7 Å². The first-order chi connectivity index (χ1) is 17.1. The summed E-state index contributed by atoms with van der Waals surface area (Å²) in [6.45, 7) is 2.04. The minimum Gasteiger partial charge on any atom is -0.497 e. The highest BCUT2D eigenvalue weighted by molar-refractivity contribution is 5.98. The Morgan fingerprint density at radius 3 is 2.31 bits per heavy atom. The maximum atomic E-state index is 14.4. The highest BCUT2D eigenvalue weighted by Gasteiger charge is 2.33. The van der Waals surface area contributed by atoms with Crippen LogP contribution in [0.2, 0.25) is 0 Å². The van der Waals surface area contributed by atoms with Gasteiger partial charge in [0.15, 0.2) is 0 Å². The number of carbonyl (C=O) groups excluding carboxylic acids is 2. The molecule has 1 unspecified atom stereocenters. The van der Waals surface area contributed by atoms with Gasteiger partial charge in [0.05, 0.1) is 23.9 Å². The van der Waals surface area contributed by atoms with Gasteiger partial charge >= 0.3 is 6.18 Å². The molecule has 1 atom stereocenters. The third-order valence-corrected chi connectivity index (χ3v) is 6.37. The molecule has 2 aromatic carbocycles. The lowest BCUT2D eigenvalue weighted by molar-refractivity contribution is -0.137. The molecule has 196 valence electrons. The highest BCUT2D eigenvalue weighted by Crippen LogP contribution is 2.31. The molecule has 2 amide bonds. The quantitative estimate of drug-likeness (QED) is 0.331. The van der Waals surface area contributed by atoms with Crippen molar-refractivity contribution in [2.75, 3.05) is 19.1 Å². The van der Waals surface area contributed by atoms with Crippen LogP contribution in [0.15, 0.2) is 42.5 Å². The third kappa shape index (κ3) is 7.11. The molecule has 6 nitrogen and oxygen atoms in total. The number of alkyl halides is 3. The Kier molecular flexibility index (Phi) is 9.17. The fraction of sp³-hybridized carbons (Fsp3) is 0.462. The van der Waals surface area contributed by atoms with Crippen LogP contribution in [0.25, 0.3) is 0 Å². The van der Waals surface area contributed by atoms with Crippen molar-refractivity contribution in [3.63, 3.8) is 0 Å². The summed E-state index contributed by atoms with van der Waals surface area (Å²) in [7, 11) is 1.54. The predicted molar refractivity (Wildman–Crippen MR) is 128 cm³/mol. The SMILES string of the molecule is CCN(Nc1ccc(OC)cc1)C(=O)C(CC1CCCCC1)NC(=O)c1ccc(C(F)(F)F)cc1F. The number of amides is 2. The monoisotopic (exact) mass is 509 g/mol. The number of hydrazine groups is 1. The number of nitrogens with one attached hydrogen (secondary N) is 2. The number of benzene rings is 2. The van der Waals surface area contributed by atoms with E-state index in [0.29, 0.717) is 23.9 Å². The Labute approximate surface area is 208 Å². The Hall–Kier alpha value is -3.30. The fourth-order valence-electron chi connectivity index (χ4n) is 4.39. The van der Waals surface area contributed by atoms with E-state index in [-0.39, 0.29) is 18.5 Å². The van der Waals surface area contributed by atoms with Gasteiger partial charge in [-0.3, -0.25) is 20.0 Å². The fourth-order valence-corrected chi connectivity index (χ4v) is 4.39. The second-order valence-corrected chi connectivity index (χ2v) is 8.88. The number of likely N-dealkylation sites (N-methyl/N-ethyl adjacent to an activating group) is 1. The molecule has 10 heteroatoms. The highest BCUT2D eigenvalue weighted by atomic mass is 19.4. The van der Waals surface area contributed by atoms with E-state index >= 15 is 0 Å². The lowest BCUT2D eigenvalue weighted by Crippen LogP contribution is -2.51. The summed E-state index contributed by atoms with van der Waals surface area (Å²) in [6, 6.07) is 7.69. The molecule has 1 saturated carbocycles. The molecule has 1 aliphatic rings. The van der Waals surface area contributed by atoms with Crippen molar-refractivity contribution in [3.8, 4) is 5.75 Å². The van der Waals surface area contributed by atoms with Crippen molar-refractivity contribution < 1.29 is 31.9 Å². The molecule has 0 saturated heterocycles. The molecule has 0 bridgehead atoms. The minimum atomic E-state index is -4.73. The number of methoxy groups -OCH3 is 1. The van der Waals surface area contributed by atoms with E-state index < -0.39 is 41.0 Å². The smallest absolute Gasteiger partial charge is 0.416 e. The lowest BCUT2D eigenvalue weighted by Gasteiger charge is -2.31. The molecule has 0 aliphatic heterocycles. The van der Waals surface area contributed by atoms with Crippen LogP contribution in [0.1, 0.15) is 61.4 Å². The van der Waals surface area contributed by atoms with Crippen molar-refractivity contribution in [2.45, 2.75) is 57.7 Å². The van der Waals surface area contributed by atoms with Crippen LogP contribution in [0, 0.1) is 11.7 Å². The molecular formula is C26H31F4N3O3. The zero-order valence-electron chi connectivity index (χ0n) is 20.3. The van der Waals surface area contributed by atoms with Gasteiger partial charge in [-0.1, -0.05) is 32.1 Å². The number of ether oxygens (including phenoxy) is 1. The number of hydrogen-bond donors (Lipinski definition) is 2. The van der Waals surface area contributed by atoms with Crippen molar-refractivity contribution in [3.05, 3.63) is 59.4 Å². The summed E-state index contributed by atoms with van der Waals surface area (Å²) < 4.78 is 58.3.